The molecule has 6 aromatic carbocycles. The number of carbonyl (C=O) groups excluding carboxylic acids is 3. The number of halogens is 12. The minimum absolute atomic E-state index is 0.0851. The Labute approximate surface area is 564 Å². The van der Waals surface area contributed by atoms with Crippen LogP contribution in [0.3, 0.4) is 0 Å². The van der Waals surface area contributed by atoms with E-state index < -0.39 is 114 Å². The van der Waals surface area contributed by atoms with Crippen LogP contribution in [0.1, 0.15) is 121 Å². The van der Waals surface area contributed by atoms with Gasteiger partial charge < -0.3 is 45.5 Å². The molecule has 32 heteroatoms. The van der Waals surface area contributed by atoms with Gasteiger partial charge in [-0.05, 0) is 219 Å². The van der Waals surface area contributed by atoms with Crippen LogP contribution in [0.2, 0.25) is 0 Å². The number of aliphatic imine (C=N–C) groups is 3. The number of hydrogen-bond donors (Lipinski definition) is 6. The molecule has 3 aromatic heterocycles. The first kappa shape index (κ1) is 69.3. The third-order valence-electron chi connectivity index (χ3n) is 15.4. The molecular formula is C69H51F12N12O7P. The molecule has 3 amide bonds. The Kier molecular flexibility index (Phi) is 19.7. The zero-order valence-electron chi connectivity index (χ0n) is 51.8. The van der Waals surface area contributed by atoms with E-state index >= 15 is 4.57 Å². The first-order valence-corrected chi connectivity index (χ1v) is 32.1. The van der Waals surface area contributed by atoms with E-state index in [9.17, 15) is 67.1 Å². The fraction of sp³-hybridized carbons (Fsp3) is 0.174. The summed E-state index contributed by atoms with van der Waals surface area (Å²) in [4.78, 5) is 66.7. The van der Waals surface area contributed by atoms with Gasteiger partial charge in [-0.2, -0.15) is 74.0 Å². The average Bonchev–Trinajstić information content (AvgIpc) is 1.23. The minimum atomic E-state index is -5.41. The molecule has 3 saturated carbocycles. The Hall–Kier alpha value is -11.6. The number of carbonyl (C=O) groups is 3. The van der Waals surface area contributed by atoms with Gasteiger partial charge in [0.2, 0.25) is 35.5 Å². The molecule has 0 spiro atoms. The third-order valence-corrected chi connectivity index (χ3v) is 16.6. The fourth-order valence-corrected chi connectivity index (χ4v) is 11.2. The highest BCUT2D eigenvalue weighted by Gasteiger charge is 2.38. The van der Waals surface area contributed by atoms with Gasteiger partial charge in [-0.1, -0.05) is 18.2 Å². The molecule has 101 heavy (non-hydrogen) atoms. The quantitative estimate of drug-likeness (QED) is 0.0202. The zero-order chi connectivity index (χ0) is 71.4. The lowest BCUT2D eigenvalue weighted by atomic mass is 10.1. The highest BCUT2D eigenvalue weighted by Crippen LogP contribution is 2.50. The largest absolute Gasteiger partial charge is 0.650 e. The number of nitrogens with zero attached hydrogens (tertiary/aromatic N) is 6. The molecule has 518 valence electrons. The van der Waals surface area contributed by atoms with Gasteiger partial charge in [-0.25, -0.2) is 13.2 Å². The van der Waals surface area contributed by atoms with Crippen molar-refractivity contribution in [2.24, 2.45) is 15.0 Å². The van der Waals surface area contributed by atoms with E-state index in [2.05, 4.69) is 61.8 Å². The minimum Gasteiger partial charge on any atom is -0.367 e. The summed E-state index contributed by atoms with van der Waals surface area (Å²) in [5.41, 5.74) is -1.58. The fourth-order valence-electron chi connectivity index (χ4n) is 10.1. The number of amides is 3. The second-order valence-electron chi connectivity index (χ2n) is 23.1. The van der Waals surface area contributed by atoms with Gasteiger partial charge in [0.25, 0.3) is 17.7 Å². The number of anilines is 6. The smallest absolute Gasteiger partial charge is 0.367 e. The van der Waals surface area contributed by atoms with Gasteiger partial charge in [0.1, 0.15) is 34.9 Å². The van der Waals surface area contributed by atoms with Crippen molar-refractivity contribution in [2.45, 2.75) is 74.8 Å². The number of pyridine rings is 3. The zero-order valence-corrected chi connectivity index (χ0v) is 52.7. The monoisotopic (exact) mass is 1420 g/mol. The molecule has 3 fully saturated rings. The molecule has 9 aromatic rings. The SMILES string of the molecule is O=C(/N=C(\Nc1cccc(OP(=O)(Oc2cccc(N/C(=N\C(=O)c3ccc(C(F)(F)F)cc3)Nc3ccc(F)cc3C3CC3)n2)Oc2cccc(N/C(=N\C(=O)c3ccc(C(F)(F)F)cc3)Nc3ccc(F)cc3C3CC3)n2)n1)Nc1ccc(F)cc1C1CC1)c1ccc(C(F)(F)F)cc1. The number of phosphoric acid groups is 1. The summed E-state index contributed by atoms with van der Waals surface area (Å²) in [7, 11) is -5.41. The number of alkyl halides is 9. The van der Waals surface area contributed by atoms with Gasteiger partial charge in [0.05, 0.1) is 16.7 Å². The molecule has 0 aliphatic heterocycles. The highest BCUT2D eigenvalue weighted by atomic mass is 31.2. The van der Waals surface area contributed by atoms with Crippen LogP contribution in [0.5, 0.6) is 17.6 Å². The summed E-state index contributed by atoms with van der Waals surface area (Å²) in [5, 5.41) is 17.2. The van der Waals surface area contributed by atoms with Crippen molar-refractivity contribution in [3.63, 3.8) is 0 Å². The summed E-state index contributed by atoms with van der Waals surface area (Å²) in [5.74, 6) is -8.70. The molecule has 0 saturated heterocycles. The lowest BCUT2D eigenvalue weighted by molar-refractivity contribution is -0.138. The first-order valence-electron chi connectivity index (χ1n) is 30.6. The molecule has 6 N–H and O–H groups in total. The molecular weight excluding hydrogens is 1370 g/mol. The Morgan fingerprint density at radius 3 is 0.861 bits per heavy atom. The summed E-state index contributed by atoms with van der Waals surface area (Å²) >= 11 is 0. The number of nitrogens with one attached hydrogen (secondary N) is 6. The van der Waals surface area contributed by atoms with E-state index in [1.807, 2.05) is 0 Å². The number of guanidine groups is 3. The van der Waals surface area contributed by atoms with Crippen molar-refractivity contribution in [1.82, 2.24) is 15.0 Å². The highest BCUT2D eigenvalue weighted by molar-refractivity contribution is 7.49. The van der Waals surface area contributed by atoms with Crippen molar-refractivity contribution in [3.8, 4) is 17.6 Å². The van der Waals surface area contributed by atoms with Gasteiger partial charge >= 0.3 is 26.4 Å². The maximum Gasteiger partial charge on any atom is 0.650 e. The Morgan fingerprint density at radius 1 is 0.366 bits per heavy atom. The van der Waals surface area contributed by atoms with Crippen LogP contribution in [0.25, 0.3) is 0 Å². The van der Waals surface area contributed by atoms with Crippen LogP contribution in [0, 0.1) is 17.5 Å². The molecule has 12 rings (SSSR count). The van der Waals surface area contributed by atoms with E-state index in [0.717, 1.165) is 54.6 Å². The molecule has 0 bridgehead atoms. The summed E-state index contributed by atoms with van der Waals surface area (Å²) < 4.78 is 199. The molecule has 19 nitrogen and oxygen atoms in total. The van der Waals surface area contributed by atoms with Gasteiger partial charge in [0.15, 0.2) is 0 Å². The standard InChI is InChI=1S/C69H51F12N12O7P/c70-46-28-31-52(49(34-46)37-10-11-37)82-64(91-61(94)40-16-22-43(23-17-40)67(73,74)75)88-55-4-1-7-58(85-55)98-101(97,99-59-8-2-5-56(86-59)89-65(83-53-32-29-47(71)35-50(53)38-12-13-38)92-62(95)41-18-24-44(25-19-41)68(76,77)78)100-60-9-3-6-57(87-60)90-66(84-54-33-30-48(72)36-51(54)39-14-15-39)93-63(96)42-20-26-45(27-21-42)69(79,80)81/h1-9,16-39H,10-15H2,(H2,82,85,88,91,94)(H2,83,86,89,92,95)(H2,84,87,90,93,96). The van der Waals surface area contributed by atoms with E-state index in [-0.39, 0.29) is 69.0 Å². The first-order chi connectivity index (χ1) is 48.1. The van der Waals surface area contributed by atoms with Crippen molar-refractivity contribution >= 4 is 77.9 Å². The predicted octanol–water partition coefficient (Wildman–Crippen LogP) is 17.8. The normalized spacial score (nSPS) is 14.5. The van der Waals surface area contributed by atoms with Crippen LogP contribution >= 0.6 is 7.82 Å². The van der Waals surface area contributed by atoms with Crippen LogP contribution < -0.4 is 45.5 Å². The average molecular weight is 1420 g/mol. The number of phosphoric ester groups is 1. The number of rotatable bonds is 18. The van der Waals surface area contributed by atoms with Crippen molar-refractivity contribution < 1.29 is 85.2 Å². The molecule has 0 atom stereocenters. The number of hydrogen-bond acceptors (Lipinski definition) is 10. The lowest BCUT2D eigenvalue weighted by Gasteiger charge is -2.20. The van der Waals surface area contributed by atoms with E-state index in [1.54, 1.807) is 0 Å². The van der Waals surface area contributed by atoms with Crippen LogP contribution in [-0.2, 0) is 23.1 Å². The van der Waals surface area contributed by atoms with Gasteiger partial charge in [0, 0.05) is 52.0 Å². The van der Waals surface area contributed by atoms with Gasteiger partial charge in [-0.15, -0.1) is 0 Å². The lowest BCUT2D eigenvalue weighted by Crippen LogP contribution is -2.25. The molecule has 3 aliphatic carbocycles. The topological polar surface area (TPSA) is 244 Å². The number of aromatic nitrogens is 3. The van der Waals surface area contributed by atoms with Crippen LogP contribution in [0.4, 0.5) is 87.2 Å². The molecule has 3 aliphatic rings. The van der Waals surface area contributed by atoms with Crippen LogP contribution in [-0.4, -0.2) is 50.6 Å². The summed E-state index contributed by atoms with van der Waals surface area (Å²) in [6.07, 6.45) is -10.0. The van der Waals surface area contributed by atoms with Crippen LogP contribution in [0.15, 0.2) is 197 Å². The van der Waals surface area contributed by atoms with E-state index in [4.69, 9.17) is 13.6 Å². The predicted molar refractivity (Wildman–Crippen MR) is 349 cm³/mol. The van der Waals surface area contributed by atoms with E-state index in [0.29, 0.717) is 91.6 Å². The van der Waals surface area contributed by atoms with Gasteiger partial charge in [-0.3, -0.25) is 14.4 Å². The second-order valence-corrected chi connectivity index (χ2v) is 24.5. The summed E-state index contributed by atoms with van der Waals surface area (Å²) in [6.45, 7) is 0. The third kappa shape index (κ3) is 18.4. The maximum absolute atomic E-state index is 15.6. The molecule has 3 heterocycles. The number of benzene rings is 6. The Bertz CT molecular complexity index is 4310. The Morgan fingerprint density at radius 2 is 0.624 bits per heavy atom. The molecule has 0 unspecified atom stereocenters. The Balaban J connectivity index is 0.886. The van der Waals surface area contributed by atoms with E-state index in [1.165, 1.54) is 91.0 Å². The maximum atomic E-state index is 15.6. The van der Waals surface area contributed by atoms with Crippen molar-refractivity contribution in [2.75, 3.05) is 31.9 Å². The second kappa shape index (κ2) is 28.7. The van der Waals surface area contributed by atoms with Crippen molar-refractivity contribution in [3.05, 3.63) is 250 Å². The summed E-state index contributed by atoms with van der Waals surface area (Å²) in [6, 6.07) is 32.4. The van der Waals surface area contributed by atoms with Crippen molar-refractivity contribution in [1.29, 1.82) is 0 Å². The molecule has 0 radical (unpaired) electrons.